The molecule has 0 spiro atoms. The van der Waals surface area contributed by atoms with E-state index in [1.165, 1.54) is 0 Å². The molecule has 6 heteroatoms. The highest BCUT2D eigenvalue weighted by Gasteiger charge is 2.41. The van der Waals surface area contributed by atoms with Crippen LogP contribution in [0.15, 0.2) is 28.7 Å². The highest BCUT2D eigenvalue weighted by molar-refractivity contribution is 9.10. The van der Waals surface area contributed by atoms with Crippen molar-refractivity contribution < 1.29 is 14.7 Å². The molecule has 0 aliphatic heterocycles. The van der Waals surface area contributed by atoms with Gasteiger partial charge in [0.1, 0.15) is 0 Å². The van der Waals surface area contributed by atoms with Crippen LogP contribution in [-0.2, 0) is 4.79 Å². The molecule has 0 bridgehead atoms. The first-order chi connectivity index (χ1) is 9.54. The lowest BCUT2D eigenvalue weighted by Crippen LogP contribution is -2.39. The van der Waals surface area contributed by atoms with Crippen LogP contribution in [-0.4, -0.2) is 36.6 Å². The minimum atomic E-state index is -0.282. The summed E-state index contributed by atoms with van der Waals surface area (Å²) in [5.74, 6) is -0.522. The topological polar surface area (TPSA) is 78.4 Å². The zero-order valence-corrected chi connectivity index (χ0v) is 12.6. The average Bonchev–Trinajstić information content (AvgIpc) is 3.24. The van der Waals surface area contributed by atoms with E-state index in [4.69, 9.17) is 5.11 Å². The lowest BCUT2D eigenvalue weighted by Gasteiger charge is -2.13. The number of hydrogen-bond donors (Lipinski definition) is 3. The summed E-state index contributed by atoms with van der Waals surface area (Å²) < 4.78 is 0.894. The largest absolute Gasteiger partial charge is 0.396 e. The fraction of sp³-hybridized carbons (Fsp3) is 0.429. The van der Waals surface area contributed by atoms with E-state index in [1.807, 2.05) is 0 Å². The van der Waals surface area contributed by atoms with Gasteiger partial charge in [0, 0.05) is 22.0 Å². The van der Waals surface area contributed by atoms with Crippen LogP contribution in [0.4, 0.5) is 0 Å². The molecule has 2 amide bonds. The molecule has 0 radical (unpaired) electrons. The number of benzene rings is 1. The number of nitrogens with one attached hydrogen (secondary N) is 2. The molecule has 3 N–H and O–H groups in total. The Bertz CT molecular complexity index is 498. The van der Waals surface area contributed by atoms with Crippen molar-refractivity contribution in [3.63, 3.8) is 0 Å². The van der Waals surface area contributed by atoms with Crippen molar-refractivity contribution in [2.24, 2.45) is 5.41 Å². The fourth-order valence-electron chi connectivity index (χ4n) is 1.78. The first kappa shape index (κ1) is 15.0. The molecule has 1 saturated carbocycles. The number of halogens is 1. The fourth-order valence-corrected chi connectivity index (χ4v) is 2.04. The van der Waals surface area contributed by atoms with Crippen LogP contribution in [0, 0.1) is 5.41 Å². The molecule has 0 aromatic heterocycles. The number of hydrogen-bond acceptors (Lipinski definition) is 3. The molecule has 1 aromatic carbocycles. The van der Waals surface area contributed by atoms with Crippen LogP contribution in [0.5, 0.6) is 0 Å². The van der Waals surface area contributed by atoms with Crippen molar-refractivity contribution >= 4 is 27.7 Å². The molecule has 108 valence electrons. The SMILES string of the molecule is O=C(CNC(=O)c1ccc(Br)cc1)NCC1(CO)CC1. The Kier molecular flexibility index (Phi) is 4.77. The van der Waals surface area contributed by atoms with Gasteiger partial charge in [-0.05, 0) is 37.1 Å². The van der Waals surface area contributed by atoms with Crippen molar-refractivity contribution in [1.82, 2.24) is 10.6 Å². The quantitative estimate of drug-likeness (QED) is 0.724. The van der Waals surface area contributed by atoms with Gasteiger partial charge >= 0.3 is 0 Å². The van der Waals surface area contributed by atoms with Gasteiger partial charge in [-0.2, -0.15) is 0 Å². The molecule has 0 unspecified atom stereocenters. The van der Waals surface area contributed by atoms with Crippen molar-refractivity contribution in [3.8, 4) is 0 Å². The summed E-state index contributed by atoms with van der Waals surface area (Å²) in [5.41, 5.74) is 0.390. The van der Waals surface area contributed by atoms with Crippen molar-refractivity contribution in [1.29, 1.82) is 0 Å². The molecule has 1 aliphatic carbocycles. The van der Waals surface area contributed by atoms with E-state index in [-0.39, 0.29) is 30.4 Å². The third kappa shape index (κ3) is 4.05. The smallest absolute Gasteiger partial charge is 0.251 e. The summed E-state index contributed by atoms with van der Waals surface area (Å²) in [6, 6.07) is 6.91. The molecule has 1 fully saturated rings. The Morgan fingerprint density at radius 1 is 1.20 bits per heavy atom. The lowest BCUT2D eigenvalue weighted by atomic mass is 10.1. The summed E-state index contributed by atoms with van der Waals surface area (Å²) in [6.07, 6.45) is 1.88. The minimum absolute atomic E-state index is 0.0591. The highest BCUT2D eigenvalue weighted by atomic mass is 79.9. The standard InChI is InChI=1S/C14H17BrN2O3/c15-11-3-1-10(2-4-11)13(20)16-7-12(19)17-8-14(9-18)5-6-14/h1-4,18H,5-9H2,(H,16,20)(H,17,19). The maximum Gasteiger partial charge on any atom is 0.251 e. The summed E-state index contributed by atoms with van der Waals surface area (Å²) in [5, 5.41) is 14.4. The van der Waals surface area contributed by atoms with Gasteiger partial charge in [-0.25, -0.2) is 0 Å². The Labute approximate surface area is 125 Å². The molecule has 5 nitrogen and oxygen atoms in total. The summed E-state index contributed by atoms with van der Waals surface area (Å²) in [6.45, 7) is 0.505. The molecule has 2 rings (SSSR count). The van der Waals surface area contributed by atoms with Gasteiger partial charge in [0.05, 0.1) is 13.2 Å². The first-order valence-corrected chi connectivity index (χ1v) is 7.25. The number of aliphatic hydroxyl groups is 1. The Balaban J connectivity index is 1.73. The van der Waals surface area contributed by atoms with Crippen molar-refractivity contribution in [2.45, 2.75) is 12.8 Å². The maximum atomic E-state index is 11.8. The van der Waals surface area contributed by atoms with Crippen LogP contribution < -0.4 is 10.6 Å². The van der Waals surface area contributed by atoms with E-state index < -0.39 is 0 Å². The number of aliphatic hydroxyl groups excluding tert-OH is 1. The second kappa shape index (κ2) is 6.37. The number of carbonyl (C=O) groups excluding carboxylic acids is 2. The monoisotopic (exact) mass is 340 g/mol. The van der Waals surface area contributed by atoms with Crippen LogP contribution in [0.2, 0.25) is 0 Å². The molecule has 1 aliphatic rings. The van der Waals surface area contributed by atoms with Gasteiger partial charge in [0.2, 0.25) is 5.91 Å². The lowest BCUT2D eigenvalue weighted by molar-refractivity contribution is -0.120. The van der Waals surface area contributed by atoms with Gasteiger partial charge in [0.15, 0.2) is 0 Å². The molecular weight excluding hydrogens is 324 g/mol. The first-order valence-electron chi connectivity index (χ1n) is 6.46. The number of rotatable bonds is 6. The van der Waals surface area contributed by atoms with E-state index in [1.54, 1.807) is 24.3 Å². The van der Waals surface area contributed by atoms with E-state index in [9.17, 15) is 9.59 Å². The van der Waals surface area contributed by atoms with E-state index in [0.29, 0.717) is 12.1 Å². The molecule has 1 aromatic rings. The Hall–Kier alpha value is -1.40. The maximum absolute atomic E-state index is 11.8. The zero-order chi connectivity index (χ0) is 14.6. The van der Waals surface area contributed by atoms with E-state index >= 15 is 0 Å². The third-order valence-corrected chi connectivity index (χ3v) is 4.00. The van der Waals surface area contributed by atoms with Gasteiger partial charge < -0.3 is 15.7 Å². The molecule has 20 heavy (non-hydrogen) atoms. The summed E-state index contributed by atoms with van der Waals surface area (Å²) >= 11 is 3.29. The molecule has 0 saturated heterocycles. The van der Waals surface area contributed by atoms with Gasteiger partial charge in [-0.1, -0.05) is 15.9 Å². The Morgan fingerprint density at radius 2 is 1.85 bits per heavy atom. The highest BCUT2D eigenvalue weighted by Crippen LogP contribution is 2.44. The normalized spacial score (nSPS) is 15.5. The predicted octanol–water partition coefficient (Wildman–Crippen LogP) is 1.07. The molecular formula is C14H17BrN2O3. The molecule has 0 heterocycles. The van der Waals surface area contributed by atoms with E-state index in [2.05, 4.69) is 26.6 Å². The van der Waals surface area contributed by atoms with Crippen molar-refractivity contribution in [3.05, 3.63) is 34.3 Å². The van der Waals surface area contributed by atoms with E-state index in [0.717, 1.165) is 17.3 Å². The molecule has 0 atom stereocenters. The predicted molar refractivity (Wildman–Crippen MR) is 78.2 cm³/mol. The zero-order valence-electron chi connectivity index (χ0n) is 11.0. The van der Waals surface area contributed by atoms with Gasteiger partial charge in [0.25, 0.3) is 5.91 Å². The number of carbonyl (C=O) groups is 2. The van der Waals surface area contributed by atoms with Gasteiger partial charge in [-0.15, -0.1) is 0 Å². The summed E-state index contributed by atoms with van der Waals surface area (Å²) in [7, 11) is 0. The number of amides is 2. The second-order valence-corrected chi connectivity index (χ2v) is 6.04. The summed E-state index contributed by atoms with van der Waals surface area (Å²) in [4.78, 5) is 23.4. The second-order valence-electron chi connectivity index (χ2n) is 5.12. The average molecular weight is 341 g/mol. The van der Waals surface area contributed by atoms with Gasteiger partial charge in [-0.3, -0.25) is 9.59 Å². The van der Waals surface area contributed by atoms with Crippen LogP contribution >= 0.6 is 15.9 Å². The van der Waals surface area contributed by atoms with Crippen LogP contribution in [0.25, 0.3) is 0 Å². The van der Waals surface area contributed by atoms with Crippen LogP contribution in [0.3, 0.4) is 0 Å². The van der Waals surface area contributed by atoms with Crippen LogP contribution in [0.1, 0.15) is 23.2 Å². The van der Waals surface area contributed by atoms with Crippen molar-refractivity contribution in [2.75, 3.05) is 19.7 Å². The Morgan fingerprint density at radius 3 is 2.40 bits per heavy atom. The minimum Gasteiger partial charge on any atom is -0.396 e. The third-order valence-electron chi connectivity index (χ3n) is 3.47.